The molecule has 4 aromatic rings. The number of amides is 2. The number of hydrogen-bond acceptors (Lipinski definition) is 2. The number of fused-ring (bicyclic) bond motifs is 1. The average molecular weight is 481 g/mol. The van der Waals surface area contributed by atoms with Gasteiger partial charge in [-0.05, 0) is 64.9 Å². The molecule has 0 radical (unpaired) electrons. The molecule has 0 aromatic heterocycles. The van der Waals surface area contributed by atoms with E-state index in [0.717, 1.165) is 29.2 Å². The first-order valence-electron chi connectivity index (χ1n) is 12.4. The van der Waals surface area contributed by atoms with Gasteiger partial charge in [-0.1, -0.05) is 72.8 Å². The predicted octanol–water partition coefficient (Wildman–Crippen LogP) is 6.13. The highest BCUT2D eigenvalue weighted by Crippen LogP contribution is 2.26. The van der Waals surface area contributed by atoms with E-state index in [1.165, 1.54) is 12.1 Å². The first-order chi connectivity index (χ1) is 17.6. The monoisotopic (exact) mass is 480 g/mol. The van der Waals surface area contributed by atoms with E-state index in [1.807, 2.05) is 83.8 Å². The molecule has 0 spiro atoms. The number of benzene rings is 4. The molecule has 36 heavy (non-hydrogen) atoms. The maximum Gasteiger partial charge on any atom is 0.253 e. The van der Waals surface area contributed by atoms with Crippen LogP contribution in [-0.2, 0) is 4.79 Å². The summed E-state index contributed by atoms with van der Waals surface area (Å²) in [6.45, 7) is 1.27. The van der Waals surface area contributed by atoms with Gasteiger partial charge >= 0.3 is 0 Å². The summed E-state index contributed by atoms with van der Waals surface area (Å²) < 4.78 is 13.9. The smallest absolute Gasteiger partial charge is 0.253 e. The zero-order chi connectivity index (χ0) is 24.9. The molecular weight excluding hydrogens is 451 g/mol. The number of likely N-dealkylation sites (tertiary alicyclic amines) is 1. The van der Waals surface area contributed by atoms with Crippen molar-refractivity contribution in [2.75, 3.05) is 13.1 Å². The first kappa shape index (κ1) is 23.7. The van der Waals surface area contributed by atoms with Crippen molar-refractivity contribution >= 4 is 22.6 Å². The molecule has 5 heteroatoms. The molecule has 1 aliphatic rings. The number of halogens is 1. The van der Waals surface area contributed by atoms with Crippen molar-refractivity contribution in [1.29, 1.82) is 0 Å². The lowest BCUT2D eigenvalue weighted by atomic mass is 9.92. The van der Waals surface area contributed by atoms with Gasteiger partial charge in [0.2, 0.25) is 5.91 Å². The molecule has 182 valence electrons. The van der Waals surface area contributed by atoms with Gasteiger partial charge in [-0.25, -0.2) is 4.39 Å². The Labute approximate surface area is 210 Å². The number of nitrogens with one attached hydrogen (secondary N) is 1. The largest absolute Gasteiger partial charge is 0.345 e. The Kier molecular flexibility index (Phi) is 7.08. The van der Waals surface area contributed by atoms with E-state index in [0.29, 0.717) is 30.6 Å². The summed E-state index contributed by atoms with van der Waals surface area (Å²) in [5, 5.41) is 5.29. The van der Waals surface area contributed by atoms with E-state index in [4.69, 9.17) is 0 Å². The fraction of sp³-hybridized carbons (Fsp3) is 0.226. The van der Waals surface area contributed by atoms with Crippen LogP contribution in [0.5, 0.6) is 0 Å². The van der Waals surface area contributed by atoms with Gasteiger partial charge in [0.05, 0.1) is 6.04 Å². The molecule has 1 fully saturated rings. The number of hydrogen-bond donors (Lipinski definition) is 1. The third-order valence-corrected chi connectivity index (χ3v) is 6.99. The van der Waals surface area contributed by atoms with Gasteiger partial charge in [0, 0.05) is 25.1 Å². The third-order valence-electron chi connectivity index (χ3n) is 6.99. The van der Waals surface area contributed by atoms with Crippen LogP contribution < -0.4 is 5.32 Å². The Morgan fingerprint density at radius 1 is 0.806 bits per heavy atom. The molecule has 1 N–H and O–H groups in total. The van der Waals surface area contributed by atoms with Crippen LogP contribution in [0.25, 0.3) is 10.8 Å². The molecule has 4 nitrogen and oxygen atoms in total. The highest BCUT2D eigenvalue weighted by molar-refractivity contribution is 5.98. The number of piperidine rings is 1. The summed E-state index contributed by atoms with van der Waals surface area (Å²) in [5.74, 6) is -0.146. The minimum absolute atomic E-state index is 0.0406. The first-order valence-corrected chi connectivity index (χ1v) is 12.4. The normalized spacial score (nSPS) is 15.0. The number of carbonyl (C=O) groups is 2. The molecule has 2 amide bonds. The fourth-order valence-electron chi connectivity index (χ4n) is 5.02. The molecule has 1 saturated heterocycles. The van der Waals surface area contributed by atoms with Crippen LogP contribution in [0.2, 0.25) is 0 Å². The van der Waals surface area contributed by atoms with Crippen molar-refractivity contribution in [3.05, 3.63) is 120 Å². The van der Waals surface area contributed by atoms with Crippen LogP contribution in [-0.4, -0.2) is 29.8 Å². The van der Waals surface area contributed by atoms with Crippen molar-refractivity contribution < 1.29 is 14.0 Å². The highest BCUT2D eigenvalue weighted by atomic mass is 19.1. The van der Waals surface area contributed by atoms with Gasteiger partial charge in [-0.15, -0.1) is 0 Å². The van der Waals surface area contributed by atoms with Crippen LogP contribution >= 0.6 is 0 Å². The van der Waals surface area contributed by atoms with Crippen molar-refractivity contribution in [2.45, 2.75) is 25.3 Å². The number of nitrogens with zero attached hydrogens (tertiary/aromatic N) is 1. The van der Waals surface area contributed by atoms with Crippen LogP contribution in [0.15, 0.2) is 97.1 Å². The topological polar surface area (TPSA) is 49.4 Å². The Bertz CT molecular complexity index is 1360. The second-order valence-corrected chi connectivity index (χ2v) is 9.47. The van der Waals surface area contributed by atoms with E-state index in [1.54, 1.807) is 6.07 Å². The van der Waals surface area contributed by atoms with Crippen molar-refractivity contribution in [3.8, 4) is 0 Å². The summed E-state index contributed by atoms with van der Waals surface area (Å²) in [4.78, 5) is 28.0. The van der Waals surface area contributed by atoms with Gasteiger partial charge in [-0.3, -0.25) is 9.59 Å². The molecular formula is C31H29FN2O2. The molecule has 1 aliphatic heterocycles. The quantitative estimate of drug-likeness (QED) is 0.361. The van der Waals surface area contributed by atoms with E-state index in [9.17, 15) is 14.0 Å². The lowest BCUT2D eigenvalue weighted by Crippen LogP contribution is -2.40. The number of rotatable bonds is 6. The van der Waals surface area contributed by atoms with Crippen molar-refractivity contribution in [2.24, 2.45) is 5.92 Å². The molecule has 4 aromatic carbocycles. The van der Waals surface area contributed by atoms with Crippen molar-refractivity contribution in [3.63, 3.8) is 0 Å². The maximum absolute atomic E-state index is 13.9. The maximum atomic E-state index is 13.9. The van der Waals surface area contributed by atoms with Gasteiger partial charge in [0.15, 0.2) is 0 Å². The minimum atomic E-state index is -0.413. The second kappa shape index (κ2) is 10.7. The van der Waals surface area contributed by atoms with Crippen LogP contribution in [0.4, 0.5) is 4.39 Å². The summed E-state index contributed by atoms with van der Waals surface area (Å²) in [6.07, 6.45) is 1.95. The van der Waals surface area contributed by atoms with E-state index in [-0.39, 0.29) is 23.5 Å². The molecule has 0 bridgehead atoms. The zero-order valence-corrected chi connectivity index (χ0v) is 20.1. The summed E-state index contributed by atoms with van der Waals surface area (Å²) in [6, 6.07) is 29.4. The molecule has 5 rings (SSSR count). The van der Waals surface area contributed by atoms with E-state index >= 15 is 0 Å². The second-order valence-electron chi connectivity index (χ2n) is 9.47. The molecule has 1 heterocycles. The zero-order valence-electron chi connectivity index (χ0n) is 20.1. The summed E-state index contributed by atoms with van der Waals surface area (Å²) in [5.41, 5.74) is 2.32. The molecule has 1 atom stereocenters. The van der Waals surface area contributed by atoms with Crippen LogP contribution in [0, 0.1) is 11.7 Å². The van der Waals surface area contributed by atoms with Crippen LogP contribution in [0.1, 0.15) is 46.8 Å². The lowest BCUT2D eigenvalue weighted by Gasteiger charge is -2.32. The Morgan fingerprint density at radius 3 is 2.25 bits per heavy atom. The Morgan fingerprint density at radius 2 is 1.50 bits per heavy atom. The molecule has 0 aliphatic carbocycles. The summed E-state index contributed by atoms with van der Waals surface area (Å²) in [7, 11) is 0. The third kappa shape index (κ3) is 5.46. The predicted molar refractivity (Wildman–Crippen MR) is 140 cm³/mol. The molecule has 0 saturated carbocycles. The van der Waals surface area contributed by atoms with Gasteiger partial charge < -0.3 is 10.2 Å². The van der Waals surface area contributed by atoms with Gasteiger partial charge in [0.1, 0.15) is 5.82 Å². The Hall–Kier alpha value is -3.99. The van der Waals surface area contributed by atoms with Crippen molar-refractivity contribution in [1.82, 2.24) is 10.2 Å². The average Bonchev–Trinajstić information content (AvgIpc) is 2.92. The Balaban J connectivity index is 1.20. The van der Waals surface area contributed by atoms with E-state index in [2.05, 4.69) is 5.32 Å². The molecule has 1 unspecified atom stereocenters. The SMILES string of the molecule is O=C(CC1CCN(C(=O)c2ccc3ccccc3c2)CC1)NC(c1ccccc1)c1cccc(F)c1. The number of carbonyl (C=O) groups excluding carboxylic acids is 2. The van der Waals surface area contributed by atoms with E-state index < -0.39 is 6.04 Å². The standard InChI is InChI=1S/C31H29FN2O2/c32-28-12-6-11-26(21-28)30(24-8-2-1-3-9-24)33-29(35)19-22-15-17-34(18-16-22)31(36)27-14-13-23-7-4-5-10-25(23)20-27/h1-14,20-22,30H,15-19H2,(H,33,35). The lowest BCUT2D eigenvalue weighted by molar-refractivity contribution is -0.122. The fourth-order valence-corrected chi connectivity index (χ4v) is 5.02. The minimum Gasteiger partial charge on any atom is -0.345 e. The van der Waals surface area contributed by atoms with Crippen LogP contribution in [0.3, 0.4) is 0 Å². The highest BCUT2D eigenvalue weighted by Gasteiger charge is 2.26. The van der Waals surface area contributed by atoms with Gasteiger partial charge in [0.25, 0.3) is 5.91 Å². The summed E-state index contributed by atoms with van der Waals surface area (Å²) >= 11 is 0. The van der Waals surface area contributed by atoms with Gasteiger partial charge in [-0.2, -0.15) is 0 Å².